The minimum atomic E-state index is -3.71. The first-order chi connectivity index (χ1) is 10.4. The standard InChI is InChI=1S/C14H13BrFNO4S/c15-10-1-6-14(13(16)9-10)21-8-7-20-11-2-4-12(5-3-11)22(17,18)19/h1-6,9H,7-8H2,(H2,17,18,19). The van der Waals surface area contributed by atoms with Crippen LogP contribution in [0.2, 0.25) is 0 Å². The molecule has 0 heterocycles. The van der Waals surface area contributed by atoms with E-state index in [1.807, 2.05) is 0 Å². The third-order valence-corrected chi connectivity index (χ3v) is 4.08. The van der Waals surface area contributed by atoms with E-state index in [-0.39, 0.29) is 23.9 Å². The third-order valence-electron chi connectivity index (χ3n) is 2.66. The Morgan fingerprint density at radius 1 is 1.05 bits per heavy atom. The lowest BCUT2D eigenvalue weighted by molar-refractivity contribution is 0.211. The van der Waals surface area contributed by atoms with Crippen LogP contribution in [0.15, 0.2) is 51.8 Å². The summed E-state index contributed by atoms with van der Waals surface area (Å²) < 4.78 is 46.9. The topological polar surface area (TPSA) is 78.6 Å². The molecule has 0 unspecified atom stereocenters. The van der Waals surface area contributed by atoms with Gasteiger partial charge in [0.25, 0.3) is 0 Å². The van der Waals surface area contributed by atoms with Crippen molar-refractivity contribution in [3.05, 3.63) is 52.8 Å². The van der Waals surface area contributed by atoms with Gasteiger partial charge in [-0.2, -0.15) is 0 Å². The van der Waals surface area contributed by atoms with Gasteiger partial charge < -0.3 is 9.47 Å². The number of rotatable bonds is 6. The monoisotopic (exact) mass is 389 g/mol. The van der Waals surface area contributed by atoms with Crippen LogP contribution in [0.4, 0.5) is 4.39 Å². The van der Waals surface area contributed by atoms with E-state index in [0.717, 1.165) is 0 Å². The van der Waals surface area contributed by atoms with Gasteiger partial charge in [-0.05, 0) is 42.5 Å². The summed E-state index contributed by atoms with van der Waals surface area (Å²) in [6, 6.07) is 10.2. The van der Waals surface area contributed by atoms with Crippen molar-refractivity contribution in [1.29, 1.82) is 0 Å². The Bertz CT molecular complexity index is 750. The van der Waals surface area contributed by atoms with Gasteiger partial charge in [0, 0.05) is 4.47 Å². The number of halogens is 2. The highest BCUT2D eigenvalue weighted by atomic mass is 79.9. The fraction of sp³-hybridized carbons (Fsp3) is 0.143. The Morgan fingerprint density at radius 2 is 1.68 bits per heavy atom. The van der Waals surface area contributed by atoms with E-state index in [0.29, 0.717) is 10.2 Å². The Morgan fingerprint density at radius 3 is 2.27 bits per heavy atom. The molecular formula is C14H13BrFNO4S. The molecule has 2 aromatic rings. The second-order valence-corrected chi connectivity index (χ2v) is 6.77. The molecule has 2 aromatic carbocycles. The summed E-state index contributed by atoms with van der Waals surface area (Å²) in [5, 5.41) is 4.99. The normalized spacial score (nSPS) is 11.2. The van der Waals surface area contributed by atoms with Gasteiger partial charge in [0.1, 0.15) is 19.0 Å². The molecule has 0 aliphatic carbocycles. The largest absolute Gasteiger partial charge is 0.490 e. The van der Waals surface area contributed by atoms with Crippen molar-refractivity contribution in [2.24, 2.45) is 5.14 Å². The molecule has 0 aliphatic heterocycles. The fourth-order valence-corrected chi connectivity index (χ4v) is 2.48. The number of sulfonamides is 1. The van der Waals surface area contributed by atoms with Gasteiger partial charge in [0.05, 0.1) is 4.90 Å². The SMILES string of the molecule is NS(=O)(=O)c1ccc(OCCOc2ccc(Br)cc2F)cc1. The van der Waals surface area contributed by atoms with Crippen LogP contribution >= 0.6 is 15.9 Å². The van der Waals surface area contributed by atoms with Crippen molar-refractivity contribution in [2.75, 3.05) is 13.2 Å². The smallest absolute Gasteiger partial charge is 0.238 e. The molecule has 2 rings (SSSR count). The van der Waals surface area contributed by atoms with Gasteiger partial charge in [0.15, 0.2) is 11.6 Å². The van der Waals surface area contributed by atoms with Crippen LogP contribution in [0.25, 0.3) is 0 Å². The molecule has 0 aromatic heterocycles. The number of hydrogen-bond acceptors (Lipinski definition) is 4. The summed E-state index contributed by atoms with van der Waals surface area (Å²) in [5.41, 5.74) is 0. The van der Waals surface area contributed by atoms with Crippen LogP contribution in [-0.2, 0) is 10.0 Å². The highest BCUT2D eigenvalue weighted by Crippen LogP contribution is 2.21. The predicted molar refractivity (Wildman–Crippen MR) is 82.9 cm³/mol. The van der Waals surface area contributed by atoms with E-state index in [1.165, 1.54) is 36.4 Å². The molecule has 0 amide bonds. The summed E-state index contributed by atoms with van der Waals surface area (Å²) in [7, 11) is -3.71. The van der Waals surface area contributed by atoms with E-state index < -0.39 is 15.8 Å². The van der Waals surface area contributed by atoms with Crippen LogP contribution in [0.5, 0.6) is 11.5 Å². The Labute approximate surface area is 136 Å². The minimum Gasteiger partial charge on any atom is -0.490 e. The maximum absolute atomic E-state index is 13.5. The fourth-order valence-electron chi connectivity index (χ4n) is 1.63. The number of nitrogens with two attached hydrogens (primary N) is 1. The minimum absolute atomic E-state index is 0.00744. The first kappa shape index (κ1) is 16.7. The molecule has 0 saturated heterocycles. The molecule has 0 spiro atoms. The molecule has 2 N–H and O–H groups in total. The summed E-state index contributed by atoms with van der Waals surface area (Å²) in [4.78, 5) is 0.00744. The molecule has 118 valence electrons. The number of ether oxygens (including phenoxy) is 2. The zero-order chi connectivity index (χ0) is 16.2. The number of primary sulfonamides is 1. The quantitative estimate of drug-likeness (QED) is 0.770. The van der Waals surface area contributed by atoms with Crippen molar-refractivity contribution >= 4 is 26.0 Å². The van der Waals surface area contributed by atoms with E-state index in [1.54, 1.807) is 6.07 Å². The van der Waals surface area contributed by atoms with Gasteiger partial charge in [-0.25, -0.2) is 17.9 Å². The first-order valence-electron chi connectivity index (χ1n) is 6.20. The van der Waals surface area contributed by atoms with Gasteiger partial charge in [0.2, 0.25) is 10.0 Å². The van der Waals surface area contributed by atoms with Crippen molar-refractivity contribution in [2.45, 2.75) is 4.90 Å². The zero-order valence-electron chi connectivity index (χ0n) is 11.3. The van der Waals surface area contributed by atoms with Crippen LogP contribution < -0.4 is 14.6 Å². The summed E-state index contributed by atoms with van der Waals surface area (Å²) in [5.74, 6) is 0.135. The molecule has 22 heavy (non-hydrogen) atoms. The molecule has 0 saturated carbocycles. The van der Waals surface area contributed by atoms with E-state index in [9.17, 15) is 12.8 Å². The molecule has 0 atom stereocenters. The number of hydrogen-bond donors (Lipinski definition) is 1. The molecule has 0 fully saturated rings. The van der Waals surface area contributed by atoms with Gasteiger partial charge >= 0.3 is 0 Å². The van der Waals surface area contributed by atoms with E-state index in [4.69, 9.17) is 14.6 Å². The summed E-state index contributed by atoms with van der Waals surface area (Å²) in [6.07, 6.45) is 0. The molecule has 0 aliphatic rings. The highest BCUT2D eigenvalue weighted by Gasteiger charge is 2.07. The zero-order valence-corrected chi connectivity index (χ0v) is 13.7. The first-order valence-corrected chi connectivity index (χ1v) is 8.54. The van der Waals surface area contributed by atoms with Crippen LogP contribution in [0, 0.1) is 5.82 Å². The van der Waals surface area contributed by atoms with Crippen molar-refractivity contribution in [3.63, 3.8) is 0 Å². The second-order valence-electron chi connectivity index (χ2n) is 4.29. The summed E-state index contributed by atoms with van der Waals surface area (Å²) in [6.45, 7) is 0.333. The number of benzene rings is 2. The van der Waals surface area contributed by atoms with E-state index in [2.05, 4.69) is 15.9 Å². The second kappa shape index (κ2) is 7.08. The van der Waals surface area contributed by atoms with Crippen molar-refractivity contribution in [1.82, 2.24) is 0 Å². The summed E-state index contributed by atoms with van der Waals surface area (Å²) >= 11 is 3.16. The van der Waals surface area contributed by atoms with Crippen molar-refractivity contribution in [3.8, 4) is 11.5 Å². The molecule has 0 bridgehead atoms. The molecule has 8 heteroatoms. The molecule has 5 nitrogen and oxygen atoms in total. The lowest BCUT2D eigenvalue weighted by atomic mass is 10.3. The van der Waals surface area contributed by atoms with Crippen LogP contribution in [0.3, 0.4) is 0 Å². The predicted octanol–water partition coefficient (Wildman–Crippen LogP) is 2.69. The maximum atomic E-state index is 13.5. The lowest BCUT2D eigenvalue weighted by Gasteiger charge is -2.09. The lowest BCUT2D eigenvalue weighted by Crippen LogP contribution is -2.12. The van der Waals surface area contributed by atoms with E-state index >= 15 is 0 Å². The van der Waals surface area contributed by atoms with Gasteiger partial charge in [-0.3, -0.25) is 0 Å². The average Bonchev–Trinajstić information content (AvgIpc) is 2.45. The Balaban J connectivity index is 1.84. The van der Waals surface area contributed by atoms with Gasteiger partial charge in [-0.1, -0.05) is 15.9 Å². The Hall–Kier alpha value is -1.64. The van der Waals surface area contributed by atoms with Gasteiger partial charge in [-0.15, -0.1) is 0 Å². The molecular weight excluding hydrogens is 377 g/mol. The maximum Gasteiger partial charge on any atom is 0.238 e. The molecule has 0 radical (unpaired) electrons. The third kappa shape index (κ3) is 4.69. The highest BCUT2D eigenvalue weighted by molar-refractivity contribution is 9.10. The Kier molecular flexibility index (Phi) is 5.38. The van der Waals surface area contributed by atoms with Crippen molar-refractivity contribution < 1.29 is 22.3 Å². The average molecular weight is 390 g/mol. The van der Waals surface area contributed by atoms with Crippen LogP contribution in [0.1, 0.15) is 0 Å². The van der Waals surface area contributed by atoms with Crippen LogP contribution in [-0.4, -0.2) is 21.6 Å².